The maximum atomic E-state index is 12.5. The van der Waals surface area contributed by atoms with Crippen LogP contribution in [0.2, 0.25) is 0 Å². The molecule has 0 saturated carbocycles. The van der Waals surface area contributed by atoms with Crippen molar-refractivity contribution < 1.29 is 17.5 Å². The number of benzene rings is 1. The van der Waals surface area contributed by atoms with Crippen LogP contribution in [-0.4, -0.2) is 38.5 Å². The molecule has 0 spiro atoms. The molecule has 0 fully saturated rings. The number of nitrogens with zero attached hydrogens (tertiary/aromatic N) is 1. The lowest BCUT2D eigenvalue weighted by Gasteiger charge is -2.30. The molecular formula is C15H23FN2O3S. The van der Waals surface area contributed by atoms with Crippen LogP contribution >= 0.6 is 0 Å². The molecule has 1 aromatic rings. The topological polar surface area (TPSA) is 72.6 Å². The van der Waals surface area contributed by atoms with Crippen molar-refractivity contribution in [2.75, 3.05) is 20.2 Å². The highest BCUT2D eigenvalue weighted by Gasteiger charge is 2.30. The average Bonchev–Trinajstić information content (AvgIpc) is 2.47. The molecule has 2 N–H and O–H groups in total. The summed E-state index contributed by atoms with van der Waals surface area (Å²) >= 11 is 0. The van der Waals surface area contributed by atoms with Gasteiger partial charge < -0.3 is 10.5 Å². The Kier molecular flexibility index (Phi) is 6.10. The standard InChI is InChI=1S/C15H23FN2O3S/c1-15(2,3)18(4)22(19,20)14-7-5-13(6-8-14)21-11-12(9-16)10-17/h5-9H,10-11,17H2,1-4H3. The molecule has 0 aliphatic rings. The lowest BCUT2D eigenvalue weighted by Crippen LogP contribution is -2.42. The van der Waals surface area contributed by atoms with E-state index in [1.807, 2.05) is 20.8 Å². The predicted molar refractivity (Wildman–Crippen MR) is 84.9 cm³/mol. The Balaban J connectivity index is 2.89. The molecule has 1 aromatic carbocycles. The van der Waals surface area contributed by atoms with E-state index in [1.54, 1.807) is 7.05 Å². The van der Waals surface area contributed by atoms with Crippen LogP contribution in [0.25, 0.3) is 0 Å². The zero-order chi connectivity index (χ0) is 17.0. The number of hydrogen-bond donors (Lipinski definition) is 1. The molecule has 5 nitrogen and oxygen atoms in total. The van der Waals surface area contributed by atoms with Crippen LogP contribution in [0.4, 0.5) is 4.39 Å². The van der Waals surface area contributed by atoms with Crippen molar-refractivity contribution in [1.29, 1.82) is 0 Å². The van der Waals surface area contributed by atoms with E-state index in [9.17, 15) is 12.8 Å². The summed E-state index contributed by atoms with van der Waals surface area (Å²) in [6, 6.07) is 6.01. The molecule has 1 rings (SSSR count). The lowest BCUT2D eigenvalue weighted by atomic mass is 10.1. The first kappa shape index (κ1) is 18.6. The summed E-state index contributed by atoms with van der Waals surface area (Å²) in [5, 5.41) is 0. The Morgan fingerprint density at radius 3 is 2.27 bits per heavy atom. The third kappa shape index (κ3) is 4.53. The number of rotatable bonds is 6. The Hall–Kier alpha value is -1.44. The number of sulfonamides is 1. The minimum Gasteiger partial charge on any atom is -0.489 e. The van der Waals surface area contributed by atoms with Gasteiger partial charge in [-0.05, 0) is 45.0 Å². The van der Waals surface area contributed by atoms with E-state index in [1.165, 1.54) is 28.6 Å². The van der Waals surface area contributed by atoms with Crippen LogP contribution in [0, 0.1) is 0 Å². The second-order valence-electron chi connectivity index (χ2n) is 5.87. The van der Waals surface area contributed by atoms with Crippen molar-refractivity contribution >= 4 is 10.0 Å². The fraction of sp³-hybridized carbons (Fsp3) is 0.467. The predicted octanol–water partition coefficient (Wildman–Crippen LogP) is 2.30. The minimum absolute atomic E-state index is 0.0288. The van der Waals surface area contributed by atoms with E-state index in [4.69, 9.17) is 10.5 Å². The van der Waals surface area contributed by atoms with Crippen LogP contribution < -0.4 is 10.5 Å². The second kappa shape index (κ2) is 7.21. The summed E-state index contributed by atoms with van der Waals surface area (Å²) in [6.07, 6.45) is 0.414. The van der Waals surface area contributed by atoms with Gasteiger partial charge in [-0.15, -0.1) is 0 Å². The van der Waals surface area contributed by atoms with Gasteiger partial charge in [-0.25, -0.2) is 12.8 Å². The molecule has 22 heavy (non-hydrogen) atoms. The van der Waals surface area contributed by atoms with Crippen molar-refractivity contribution in [3.05, 3.63) is 36.2 Å². The molecule has 0 amide bonds. The Labute approximate surface area is 131 Å². The van der Waals surface area contributed by atoms with E-state index in [0.717, 1.165) is 0 Å². The summed E-state index contributed by atoms with van der Waals surface area (Å²) in [7, 11) is -2.03. The summed E-state index contributed by atoms with van der Waals surface area (Å²) in [6.45, 7) is 5.55. The van der Waals surface area contributed by atoms with Gasteiger partial charge in [0.15, 0.2) is 0 Å². The van der Waals surface area contributed by atoms with Crippen LogP contribution in [0.5, 0.6) is 5.75 Å². The van der Waals surface area contributed by atoms with Gasteiger partial charge in [-0.1, -0.05) is 0 Å². The molecule has 0 radical (unpaired) electrons. The second-order valence-corrected chi connectivity index (χ2v) is 7.84. The third-order valence-electron chi connectivity index (χ3n) is 3.27. The van der Waals surface area contributed by atoms with Crippen molar-refractivity contribution in [1.82, 2.24) is 4.31 Å². The van der Waals surface area contributed by atoms with Gasteiger partial charge in [0, 0.05) is 24.7 Å². The van der Waals surface area contributed by atoms with Crippen LogP contribution in [0.1, 0.15) is 20.8 Å². The van der Waals surface area contributed by atoms with Crippen molar-refractivity contribution in [3.63, 3.8) is 0 Å². The Morgan fingerprint density at radius 2 is 1.86 bits per heavy atom. The van der Waals surface area contributed by atoms with Crippen molar-refractivity contribution in [2.45, 2.75) is 31.2 Å². The van der Waals surface area contributed by atoms with Gasteiger partial charge in [0.05, 0.1) is 11.2 Å². The quantitative estimate of drug-likeness (QED) is 0.868. The maximum Gasteiger partial charge on any atom is 0.243 e. The molecule has 0 saturated heterocycles. The first-order valence-electron chi connectivity index (χ1n) is 6.83. The molecule has 0 aromatic heterocycles. The SMILES string of the molecule is CN(C(C)(C)C)S(=O)(=O)c1ccc(OCC(=CF)CN)cc1. The fourth-order valence-electron chi connectivity index (χ4n) is 1.54. The average molecular weight is 330 g/mol. The summed E-state index contributed by atoms with van der Waals surface area (Å²) in [5.74, 6) is 0.449. The zero-order valence-electron chi connectivity index (χ0n) is 13.3. The molecule has 0 unspecified atom stereocenters. The van der Waals surface area contributed by atoms with Gasteiger partial charge in [0.2, 0.25) is 10.0 Å². The fourth-order valence-corrected chi connectivity index (χ4v) is 3.05. The lowest BCUT2D eigenvalue weighted by molar-refractivity contribution is 0.291. The highest BCUT2D eigenvalue weighted by atomic mass is 32.2. The number of ether oxygens (including phenoxy) is 1. The number of halogens is 1. The van der Waals surface area contributed by atoms with Gasteiger partial charge in [-0.3, -0.25) is 0 Å². The first-order valence-corrected chi connectivity index (χ1v) is 8.27. The van der Waals surface area contributed by atoms with E-state index >= 15 is 0 Å². The molecule has 0 heterocycles. The van der Waals surface area contributed by atoms with Gasteiger partial charge in [-0.2, -0.15) is 4.31 Å². The van der Waals surface area contributed by atoms with E-state index in [0.29, 0.717) is 17.7 Å². The zero-order valence-corrected chi connectivity index (χ0v) is 14.2. The first-order chi connectivity index (χ1) is 10.1. The third-order valence-corrected chi connectivity index (χ3v) is 5.40. The number of nitrogens with two attached hydrogens (primary N) is 1. The van der Waals surface area contributed by atoms with Gasteiger partial charge in [0.1, 0.15) is 12.4 Å². The minimum atomic E-state index is -3.57. The maximum absolute atomic E-state index is 12.5. The summed E-state index contributed by atoms with van der Waals surface area (Å²) in [4.78, 5) is 0.178. The normalized spacial score (nSPS) is 13.5. The molecule has 7 heteroatoms. The highest BCUT2D eigenvalue weighted by Crippen LogP contribution is 2.24. The van der Waals surface area contributed by atoms with Gasteiger partial charge in [0.25, 0.3) is 0 Å². The van der Waals surface area contributed by atoms with E-state index in [2.05, 4.69) is 0 Å². The monoisotopic (exact) mass is 330 g/mol. The molecule has 0 aliphatic heterocycles. The smallest absolute Gasteiger partial charge is 0.243 e. The highest BCUT2D eigenvalue weighted by molar-refractivity contribution is 7.89. The molecular weight excluding hydrogens is 307 g/mol. The van der Waals surface area contributed by atoms with Crippen molar-refractivity contribution in [2.24, 2.45) is 5.73 Å². The van der Waals surface area contributed by atoms with E-state index < -0.39 is 15.6 Å². The molecule has 0 aliphatic carbocycles. The van der Waals surface area contributed by atoms with Crippen LogP contribution in [0.3, 0.4) is 0 Å². The molecule has 0 atom stereocenters. The Bertz CT molecular complexity index is 619. The van der Waals surface area contributed by atoms with Crippen molar-refractivity contribution in [3.8, 4) is 5.75 Å². The molecule has 0 bridgehead atoms. The largest absolute Gasteiger partial charge is 0.489 e. The number of hydrogen-bond acceptors (Lipinski definition) is 4. The van der Waals surface area contributed by atoms with E-state index in [-0.39, 0.29) is 18.0 Å². The van der Waals surface area contributed by atoms with Crippen LogP contribution in [0.15, 0.2) is 41.1 Å². The summed E-state index contributed by atoms with van der Waals surface area (Å²) in [5.41, 5.74) is 5.13. The summed E-state index contributed by atoms with van der Waals surface area (Å²) < 4.78 is 44.0. The van der Waals surface area contributed by atoms with Crippen LogP contribution in [-0.2, 0) is 10.0 Å². The Morgan fingerprint density at radius 1 is 1.32 bits per heavy atom. The molecule has 124 valence electrons. The van der Waals surface area contributed by atoms with Gasteiger partial charge >= 0.3 is 0 Å².